The first kappa shape index (κ1) is 16.1. The summed E-state index contributed by atoms with van der Waals surface area (Å²) in [6, 6.07) is 24.3. The van der Waals surface area contributed by atoms with E-state index in [4.69, 9.17) is 15.2 Å². The molecule has 0 saturated heterocycles. The maximum Gasteiger partial charge on any atom is 0.123 e. The van der Waals surface area contributed by atoms with Crippen LogP contribution in [0.5, 0.6) is 11.5 Å². The Kier molecular flexibility index (Phi) is 5.14. The van der Waals surface area contributed by atoms with Crippen LogP contribution in [0.3, 0.4) is 0 Å². The molecule has 0 fully saturated rings. The van der Waals surface area contributed by atoms with Crippen LogP contribution in [0.25, 0.3) is 11.1 Å². The number of methoxy groups -OCH3 is 1. The van der Waals surface area contributed by atoms with Crippen LogP contribution in [0.2, 0.25) is 0 Å². The minimum Gasteiger partial charge on any atom is -0.496 e. The fraction of sp³-hybridized carbons (Fsp3) is 0.143. The second kappa shape index (κ2) is 7.66. The van der Waals surface area contributed by atoms with E-state index in [9.17, 15) is 0 Å². The highest BCUT2D eigenvalue weighted by molar-refractivity contribution is 5.67. The lowest BCUT2D eigenvalue weighted by molar-refractivity contribution is 0.306. The molecule has 0 aliphatic rings. The van der Waals surface area contributed by atoms with E-state index in [0.717, 1.165) is 33.8 Å². The number of hydrogen-bond acceptors (Lipinski definition) is 3. The summed E-state index contributed by atoms with van der Waals surface area (Å²) in [6.07, 6.45) is 0. The molecular formula is C21H21NO2. The molecule has 0 spiro atoms. The molecule has 122 valence electrons. The Morgan fingerprint density at radius 2 is 1.62 bits per heavy atom. The molecule has 0 radical (unpaired) electrons. The Morgan fingerprint density at radius 1 is 0.833 bits per heavy atom. The van der Waals surface area contributed by atoms with E-state index < -0.39 is 0 Å². The number of rotatable bonds is 6. The summed E-state index contributed by atoms with van der Waals surface area (Å²) in [5, 5.41) is 0. The van der Waals surface area contributed by atoms with Gasteiger partial charge in [-0.1, -0.05) is 48.5 Å². The maximum absolute atomic E-state index is 5.91. The van der Waals surface area contributed by atoms with Gasteiger partial charge >= 0.3 is 0 Å². The van der Waals surface area contributed by atoms with E-state index in [1.807, 2.05) is 48.5 Å². The molecule has 0 aliphatic heterocycles. The van der Waals surface area contributed by atoms with Gasteiger partial charge in [-0.05, 0) is 41.0 Å². The molecule has 0 saturated carbocycles. The lowest BCUT2D eigenvalue weighted by atomic mass is 10.0. The predicted octanol–water partition coefficient (Wildman–Crippen LogP) is 4.40. The number of ether oxygens (including phenoxy) is 2. The fourth-order valence-electron chi connectivity index (χ4n) is 2.62. The molecular weight excluding hydrogens is 298 g/mol. The van der Waals surface area contributed by atoms with Gasteiger partial charge in [-0.3, -0.25) is 0 Å². The highest BCUT2D eigenvalue weighted by atomic mass is 16.5. The second-order valence-corrected chi connectivity index (χ2v) is 5.53. The molecule has 0 unspecified atom stereocenters. The monoisotopic (exact) mass is 319 g/mol. The summed E-state index contributed by atoms with van der Waals surface area (Å²) in [5.41, 5.74) is 10.1. The van der Waals surface area contributed by atoms with Gasteiger partial charge in [0.1, 0.15) is 18.1 Å². The summed E-state index contributed by atoms with van der Waals surface area (Å²) in [6.45, 7) is 1.00. The molecule has 24 heavy (non-hydrogen) atoms. The van der Waals surface area contributed by atoms with Crippen molar-refractivity contribution < 1.29 is 9.47 Å². The summed E-state index contributed by atoms with van der Waals surface area (Å²) in [5.74, 6) is 1.67. The molecule has 0 bridgehead atoms. The highest BCUT2D eigenvalue weighted by Gasteiger charge is 2.06. The van der Waals surface area contributed by atoms with Crippen LogP contribution in [0.4, 0.5) is 0 Å². The van der Waals surface area contributed by atoms with Crippen molar-refractivity contribution >= 4 is 0 Å². The molecule has 0 amide bonds. The van der Waals surface area contributed by atoms with Crippen molar-refractivity contribution in [2.75, 3.05) is 7.11 Å². The van der Waals surface area contributed by atoms with Gasteiger partial charge in [-0.15, -0.1) is 0 Å². The van der Waals surface area contributed by atoms with E-state index in [0.29, 0.717) is 13.2 Å². The Labute approximate surface area is 142 Å². The first-order chi connectivity index (χ1) is 11.8. The third-order valence-corrected chi connectivity index (χ3v) is 3.92. The van der Waals surface area contributed by atoms with E-state index in [2.05, 4.69) is 24.3 Å². The summed E-state index contributed by atoms with van der Waals surface area (Å²) >= 11 is 0. The number of nitrogens with two attached hydrogens (primary N) is 1. The molecule has 3 heteroatoms. The molecule has 3 nitrogen and oxygen atoms in total. The Morgan fingerprint density at radius 3 is 2.38 bits per heavy atom. The van der Waals surface area contributed by atoms with Crippen LogP contribution in [-0.2, 0) is 13.2 Å². The van der Waals surface area contributed by atoms with E-state index in [1.54, 1.807) is 7.11 Å². The largest absolute Gasteiger partial charge is 0.496 e. The van der Waals surface area contributed by atoms with Gasteiger partial charge in [-0.25, -0.2) is 0 Å². The standard InChI is InChI=1S/C21H21NO2/c1-23-21-11-10-18(12-19(21)14-22)17-8-5-9-20(13-17)24-15-16-6-3-2-4-7-16/h2-13H,14-15,22H2,1H3. The van der Waals surface area contributed by atoms with Crippen molar-refractivity contribution in [3.63, 3.8) is 0 Å². The third kappa shape index (κ3) is 3.76. The molecule has 3 aromatic rings. The summed E-state index contributed by atoms with van der Waals surface area (Å²) < 4.78 is 11.2. The van der Waals surface area contributed by atoms with Gasteiger partial charge in [0, 0.05) is 12.1 Å². The van der Waals surface area contributed by atoms with Crippen LogP contribution in [0.15, 0.2) is 72.8 Å². The summed E-state index contributed by atoms with van der Waals surface area (Å²) in [4.78, 5) is 0. The van der Waals surface area contributed by atoms with Crippen LogP contribution >= 0.6 is 0 Å². The van der Waals surface area contributed by atoms with Crippen molar-refractivity contribution in [3.8, 4) is 22.6 Å². The maximum atomic E-state index is 5.91. The smallest absolute Gasteiger partial charge is 0.123 e. The third-order valence-electron chi connectivity index (χ3n) is 3.92. The van der Waals surface area contributed by atoms with Crippen LogP contribution < -0.4 is 15.2 Å². The SMILES string of the molecule is COc1ccc(-c2cccc(OCc3ccccc3)c2)cc1CN. The van der Waals surface area contributed by atoms with Gasteiger partial charge in [0.15, 0.2) is 0 Å². The summed E-state index contributed by atoms with van der Waals surface area (Å²) in [7, 11) is 1.66. The van der Waals surface area contributed by atoms with Gasteiger partial charge in [0.2, 0.25) is 0 Å². The van der Waals surface area contributed by atoms with Gasteiger partial charge in [0.05, 0.1) is 7.11 Å². The van der Waals surface area contributed by atoms with Gasteiger partial charge in [0.25, 0.3) is 0 Å². The molecule has 0 aliphatic carbocycles. The minimum absolute atomic E-state index is 0.446. The highest BCUT2D eigenvalue weighted by Crippen LogP contribution is 2.28. The molecule has 0 heterocycles. The zero-order chi connectivity index (χ0) is 16.8. The Bertz CT molecular complexity index is 800. The van der Waals surface area contributed by atoms with Crippen molar-refractivity contribution in [2.24, 2.45) is 5.73 Å². The van der Waals surface area contributed by atoms with Crippen molar-refractivity contribution in [1.82, 2.24) is 0 Å². The van der Waals surface area contributed by atoms with E-state index in [-0.39, 0.29) is 0 Å². The number of hydrogen-bond donors (Lipinski definition) is 1. The minimum atomic E-state index is 0.446. The van der Waals surface area contributed by atoms with Crippen LogP contribution in [-0.4, -0.2) is 7.11 Å². The van der Waals surface area contributed by atoms with Crippen LogP contribution in [0, 0.1) is 0 Å². The Balaban J connectivity index is 1.80. The lowest BCUT2D eigenvalue weighted by Crippen LogP contribution is -2.00. The van der Waals surface area contributed by atoms with Gasteiger partial charge < -0.3 is 15.2 Å². The van der Waals surface area contributed by atoms with Crippen molar-refractivity contribution in [1.29, 1.82) is 0 Å². The zero-order valence-electron chi connectivity index (χ0n) is 13.7. The molecule has 3 rings (SSSR count). The van der Waals surface area contributed by atoms with Crippen molar-refractivity contribution in [3.05, 3.63) is 83.9 Å². The normalized spacial score (nSPS) is 10.4. The molecule has 3 aromatic carbocycles. The lowest BCUT2D eigenvalue weighted by Gasteiger charge is -2.11. The molecule has 0 atom stereocenters. The zero-order valence-corrected chi connectivity index (χ0v) is 13.7. The van der Waals surface area contributed by atoms with E-state index in [1.165, 1.54) is 0 Å². The first-order valence-electron chi connectivity index (χ1n) is 7.94. The first-order valence-corrected chi connectivity index (χ1v) is 7.94. The topological polar surface area (TPSA) is 44.5 Å². The molecule has 2 N–H and O–H groups in total. The molecule has 0 aromatic heterocycles. The number of benzene rings is 3. The fourth-order valence-corrected chi connectivity index (χ4v) is 2.62. The quantitative estimate of drug-likeness (QED) is 0.732. The van der Waals surface area contributed by atoms with Crippen LogP contribution in [0.1, 0.15) is 11.1 Å². The predicted molar refractivity (Wildman–Crippen MR) is 97.1 cm³/mol. The van der Waals surface area contributed by atoms with E-state index >= 15 is 0 Å². The van der Waals surface area contributed by atoms with Crippen molar-refractivity contribution in [2.45, 2.75) is 13.2 Å². The van der Waals surface area contributed by atoms with Gasteiger partial charge in [-0.2, -0.15) is 0 Å². The average molecular weight is 319 g/mol. The average Bonchev–Trinajstić information content (AvgIpc) is 2.67. The Hall–Kier alpha value is -2.78. The second-order valence-electron chi connectivity index (χ2n) is 5.53.